The summed E-state index contributed by atoms with van der Waals surface area (Å²) in [5, 5.41) is 0. The van der Waals surface area contributed by atoms with Crippen molar-refractivity contribution in [1.29, 1.82) is 0 Å². The first-order valence-corrected chi connectivity index (χ1v) is 10.3. The minimum Gasteiger partial charge on any atom is -0.373 e. The number of rotatable bonds is 0. The van der Waals surface area contributed by atoms with Gasteiger partial charge in [-0.25, -0.2) is 0 Å². The third-order valence-corrected chi connectivity index (χ3v) is 6.41. The van der Waals surface area contributed by atoms with E-state index >= 15 is 0 Å². The van der Waals surface area contributed by atoms with Gasteiger partial charge in [-0.05, 0) is 6.20 Å². The summed E-state index contributed by atoms with van der Waals surface area (Å²) < 4.78 is 4.22. The van der Waals surface area contributed by atoms with Crippen LogP contribution in [-0.4, -0.2) is 19.1 Å². The summed E-state index contributed by atoms with van der Waals surface area (Å²) in [4.78, 5) is 10.1. The average molecular weight is 590 g/mol. The normalized spacial score (nSPS) is 15.7. The third-order valence-electron chi connectivity index (χ3n) is 6.41. The van der Waals surface area contributed by atoms with Crippen molar-refractivity contribution in [3.8, 4) is 22.6 Å². The second-order valence-corrected chi connectivity index (χ2v) is 9.33. The van der Waals surface area contributed by atoms with Gasteiger partial charge in [0.25, 0.3) is 0 Å². The number of fused-ring (bicyclic) bond motifs is 10. The molecule has 0 unspecified atom stereocenters. The summed E-state index contributed by atoms with van der Waals surface area (Å²) in [6.45, 7) is 8.81. The second-order valence-electron chi connectivity index (χ2n) is 9.33. The van der Waals surface area contributed by atoms with Crippen LogP contribution in [0, 0.1) is 12.1 Å². The van der Waals surface area contributed by atoms with Crippen LogP contribution in [-0.2, 0) is 46.0 Å². The number of benzene rings is 2. The number of aryl methyl sites for hydroxylation is 2. The molecular formula is C26H26N4Pt. The van der Waals surface area contributed by atoms with Crippen LogP contribution < -0.4 is 0 Å². The molecule has 5 rings (SSSR count). The van der Waals surface area contributed by atoms with Gasteiger partial charge >= 0.3 is 21.1 Å². The van der Waals surface area contributed by atoms with Crippen molar-refractivity contribution >= 4 is 0 Å². The molecule has 0 saturated heterocycles. The van der Waals surface area contributed by atoms with Crippen molar-refractivity contribution in [1.82, 2.24) is 19.1 Å². The molecule has 5 heteroatoms. The van der Waals surface area contributed by atoms with Crippen molar-refractivity contribution in [2.75, 3.05) is 0 Å². The molecule has 160 valence electrons. The van der Waals surface area contributed by atoms with E-state index < -0.39 is 0 Å². The van der Waals surface area contributed by atoms with Crippen LogP contribution >= 0.6 is 0 Å². The fourth-order valence-electron chi connectivity index (χ4n) is 4.40. The minimum absolute atomic E-state index is 0. The zero-order chi connectivity index (χ0) is 21.3. The van der Waals surface area contributed by atoms with Gasteiger partial charge in [0.2, 0.25) is 0 Å². The smallest absolute Gasteiger partial charge is 0.373 e. The Morgan fingerprint density at radius 1 is 0.742 bits per heavy atom. The Kier molecular flexibility index (Phi) is 5.13. The second kappa shape index (κ2) is 7.31. The molecule has 31 heavy (non-hydrogen) atoms. The molecular weight excluding hydrogens is 563 g/mol. The van der Waals surface area contributed by atoms with Gasteiger partial charge in [-0.15, -0.1) is 70.8 Å². The van der Waals surface area contributed by atoms with Gasteiger partial charge in [0.05, 0.1) is 11.5 Å². The molecule has 2 aromatic heterocycles. The van der Waals surface area contributed by atoms with Crippen LogP contribution in [0.5, 0.6) is 0 Å². The Hall–Kier alpha value is -2.45. The van der Waals surface area contributed by atoms with Gasteiger partial charge < -0.3 is 9.13 Å². The van der Waals surface area contributed by atoms with Gasteiger partial charge in [-0.1, -0.05) is 27.7 Å². The maximum absolute atomic E-state index is 5.05. The zero-order valence-electron chi connectivity index (χ0n) is 18.7. The molecule has 0 amide bonds. The Bertz CT molecular complexity index is 1280. The molecule has 0 aliphatic carbocycles. The molecule has 0 spiro atoms. The molecule has 0 atom stereocenters. The van der Waals surface area contributed by atoms with E-state index in [-0.39, 0.29) is 31.9 Å². The fraction of sp³-hybridized carbons (Fsp3) is 0.308. The van der Waals surface area contributed by atoms with E-state index in [1.807, 2.05) is 0 Å². The molecule has 0 radical (unpaired) electrons. The molecule has 1 aliphatic heterocycles. The summed E-state index contributed by atoms with van der Waals surface area (Å²) in [5.74, 6) is 1.92. The quantitative estimate of drug-likeness (QED) is 0.269. The van der Waals surface area contributed by atoms with Gasteiger partial charge in [0, 0.05) is 36.8 Å². The van der Waals surface area contributed by atoms with Crippen molar-refractivity contribution in [3.05, 3.63) is 83.6 Å². The third kappa shape index (κ3) is 3.32. The summed E-state index contributed by atoms with van der Waals surface area (Å²) in [7, 11) is 4.12. The maximum atomic E-state index is 5.05. The molecule has 8 bridgehead atoms. The number of nitrogens with zero attached hydrogens (tertiary/aromatic N) is 4. The largest absolute Gasteiger partial charge is 2.00 e. The van der Waals surface area contributed by atoms with Crippen LogP contribution in [0.15, 0.2) is 48.8 Å². The Labute approximate surface area is 198 Å². The van der Waals surface area contributed by atoms with Crippen LogP contribution in [0.1, 0.15) is 50.3 Å². The van der Waals surface area contributed by atoms with E-state index in [1.165, 1.54) is 0 Å². The van der Waals surface area contributed by atoms with Crippen LogP contribution in [0.3, 0.4) is 0 Å². The Morgan fingerprint density at radius 3 is 2.06 bits per heavy atom. The van der Waals surface area contributed by atoms with Crippen LogP contribution in [0.25, 0.3) is 22.6 Å². The van der Waals surface area contributed by atoms with E-state index in [9.17, 15) is 0 Å². The molecule has 0 saturated carbocycles. The van der Waals surface area contributed by atoms with Crippen molar-refractivity contribution < 1.29 is 21.1 Å². The van der Waals surface area contributed by atoms with Crippen LogP contribution in [0.4, 0.5) is 0 Å². The van der Waals surface area contributed by atoms with Gasteiger partial charge in [0.15, 0.2) is 0 Å². The zero-order valence-corrected chi connectivity index (χ0v) is 21.0. The van der Waals surface area contributed by atoms with Gasteiger partial charge in [0.1, 0.15) is 5.82 Å². The van der Waals surface area contributed by atoms with E-state index in [1.54, 1.807) is 0 Å². The van der Waals surface area contributed by atoms with E-state index in [0.717, 1.165) is 45.3 Å². The van der Waals surface area contributed by atoms with E-state index in [0.29, 0.717) is 0 Å². The maximum Gasteiger partial charge on any atom is 2.00 e. The van der Waals surface area contributed by atoms with Gasteiger partial charge in [-0.3, -0.25) is 9.97 Å². The van der Waals surface area contributed by atoms with Gasteiger partial charge in [-0.2, -0.15) is 0 Å². The predicted octanol–water partition coefficient (Wildman–Crippen LogP) is 5.05. The Balaban J connectivity index is 0.00000231. The summed E-state index contributed by atoms with van der Waals surface area (Å²) in [6.07, 6.45) is 4.22. The molecule has 4 aromatic rings. The minimum atomic E-state index is -0.308. The van der Waals surface area contributed by atoms with E-state index in [2.05, 4.69) is 112 Å². The number of hydrogen-bond acceptors (Lipinski definition) is 2. The number of imidazole rings is 2. The summed E-state index contributed by atoms with van der Waals surface area (Å²) >= 11 is 0. The van der Waals surface area contributed by atoms with E-state index in [4.69, 9.17) is 9.97 Å². The summed E-state index contributed by atoms with van der Waals surface area (Å²) in [6, 6.07) is 19.9. The first-order chi connectivity index (χ1) is 14.2. The Morgan fingerprint density at radius 2 is 1.35 bits per heavy atom. The van der Waals surface area contributed by atoms with Crippen LogP contribution in [0.2, 0.25) is 0 Å². The standard InChI is InChI=1S/C26H26N4.Pt/c1-25(2)19-11-7-9-17(13-19)21-15-30(6)24(27-21)26(3,4)20-12-8-10-18(14-20)23-28-22(25)16-29(23)5;/h7-12,15-16H,1-6H3;/q-2;+2. The number of hydrogen-bond donors (Lipinski definition) is 0. The predicted molar refractivity (Wildman–Crippen MR) is 119 cm³/mol. The average Bonchev–Trinajstić information content (AvgIpc) is 3.31. The summed E-state index contributed by atoms with van der Waals surface area (Å²) in [5.41, 5.74) is 5.56. The first kappa shape index (κ1) is 21.8. The molecule has 2 aromatic carbocycles. The van der Waals surface area contributed by atoms with Crippen molar-refractivity contribution in [3.63, 3.8) is 0 Å². The van der Waals surface area contributed by atoms with Crippen molar-refractivity contribution in [2.45, 2.75) is 38.5 Å². The molecule has 1 aliphatic rings. The van der Waals surface area contributed by atoms with Crippen molar-refractivity contribution in [2.24, 2.45) is 14.1 Å². The SMILES string of the molecule is Cn1cc2nc1-c1[c-]c(ccc1)C(C)(C)c1nc(cn1C)-c1[c-]c(ccc1)C2(C)C.[Pt+2]. The molecule has 0 N–H and O–H groups in total. The first-order valence-electron chi connectivity index (χ1n) is 10.3. The molecule has 3 heterocycles. The molecule has 4 nitrogen and oxygen atoms in total. The number of aromatic nitrogens is 4. The fourth-order valence-corrected chi connectivity index (χ4v) is 4.40. The molecule has 0 fully saturated rings. The monoisotopic (exact) mass is 589 g/mol. The topological polar surface area (TPSA) is 35.6 Å².